The summed E-state index contributed by atoms with van der Waals surface area (Å²) >= 11 is 0. The van der Waals surface area contributed by atoms with Crippen LogP contribution in [0, 0.1) is 0 Å². The van der Waals surface area contributed by atoms with Crippen molar-refractivity contribution >= 4 is 21.8 Å². The lowest BCUT2D eigenvalue weighted by Gasteiger charge is -1.98. The molecule has 8 heavy (non-hydrogen) atoms. The summed E-state index contributed by atoms with van der Waals surface area (Å²) in [5.41, 5.74) is -1.83. The minimum Gasteiger partial charge on any atom is -0.302 e. The molecule has 0 fully saturated rings. The number of carbonyl (C=O) groups is 1. The molecule has 0 aliphatic carbocycles. The van der Waals surface area contributed by atoms with E-state index >= 15 is 0 Å². The van der Waals surface area contributed by atoms with Crippen molar-refractivity contribution in [2.24, 2.45) is 0 Å². The molecule has 0 amide bonds. The molecule has 0 aromatic heterocycles. The van der Waals surface area contributed by atoms with Gasteiger partial charge in [-0.15, -0.1) is 0 Å². The minimum absolute atomic E-state index is 0.403. The molecule has 0 saturated carbocycles. The Balaban J connectivity index is 3.82. The molecule has 0 spiro atoms. The van der Waals surface area contributed by atoms with Gasteiger partial charge in [-0.2, -0.15) is 22.3 Å². The Morgan fingerprint density at radius 3 is 1.88 bits per heavy atom. The molecule has 1 unspecified atom stereocenters. The number of alkyl halides is 3. The third-order valence-electron chi connectivity index (χ3n) is 0.431. The van der Waals surface area contributed by atoms with Crippen LogP contribution in [0.25, 0.3) is 0 Å². The first kappa shape index (κ1) is 7.95. The first-order chi connectivity index (χ1) is 3.48. The third kappa shape index (κ3) is 2.31. The van der Waals surface area contributed by atoms with Crippen molar-refractivity contribution in [2.45, 2.75) is 6.18 Å². The molecule has 0 heterocycles. The number of hydrogen-bond donors (Lipinski definition) is 0. The summed E-state index contributed by atoms with van der Waals surface area (Å²) in [6.07, 6.45) is -4.71. The lowest BCUT2D eigenvalue weighted by atomic mass is 10.0. The summed E-state index contributed by atoms with van der Waals surface area (Å²) in [5, 5.41) is 0. The average molecular weight is 141 g/mol. The fourth-order valence-electron chi connectivity index (χ4n) is 0.0945. The molecule has 0 aliphatic heterocycles. The molecule has 0 bridgehead atoms. The maximum absolute atomic E-state index is 11.1. The van der Waals surface area contributed by atoms with Gasteiger partial charge in [-0.05, 0) is 0 Å². The maximum atomic E-state index is 11.1. The van der Waals surface area contributed by atoms with Gasteiger partial charge in [0, 0.05) is 0 Å². The summed E-state index contributed by atoms with van der Waals surface area (Å²) in [5.74, 6) is 0. The van der Waals surface area contributed by atoms with Crippen LogP contribution in [0.4, 0.5) is 13.2 Å². The molecule has 0 rings (SSSR count). The van der Waals surface area contributed by atoms with Gasteiger partial charge in [0.15, 0.2) is 5.68 Å². The lowest BCUT2D eigenvalue weighted by Crippen LogP contribution is -2.25. The number of rotatable bonds is 1. The summed E-state index contributed by atoms with van der Waals surface area (Å²) in [6.45, 7) is 0.403. The second-order valence-corrected chi connectivity index (χ2v) is 1.36. The van der Waals surface area contributed by atoms with Crippen LogP contribution in [0.1, 0.15) is 0 Å². The molecular formula is C2H2BF3OP. The highest BCUT2D eigenvalue weighted by atomic mass is 31.0. The van der Waals surface area contributed by atoms with E-state index in [4.69, 9.17) is 0 Å². The van der Waals surface area contributed by atoms with Gasteiger partial charge in [0.25, 0.3) is 0 Å². The zero-order valence-corrected chi connectivity index (χ0v) is 4.85. The lowest BCUT2D eigenvalue weighted by molar-refractivity contribution is -0.161. The van der Waals surface area contributed by atoms with Crippen LogP contribution in [-0.4, -0.2) is 18.9 Å². The second-order valence-electron chi connectivity index (χ2n) is 1.03. The van der Waals surface area contributed by atoms with Gasteiger partial charge in [-0.25, -0.2) is 0 Å². The van der Waals surface area contributed by atoms with E-state index < -0.39 is 11.9 Å². The van der Waals surface area contributed by atoms with Crippen LogP contribution in [0.3, 0.4) is 0 Å². The van der Waals surface area contributed by atoms with E-state index in [1.54, 1.807) is 9.12 Å². The van der Waals surface area contributed by atoms with E-state index in [1.807, 2.05) is 0 Å². The van der Waals surface area contributed by atoms with E-state index in [1.165, 1.54) is 0 Å². The SMILES string of the molecule is O=C([B]P)C(F)(F)F. The highest BCUT2D eigenvalue weighted by molar-refractivity contribution is 7.62. The topological polar surface area (TPSA) is 17.1 Å². The Hall–Kier alpha value is -0.0451. The minimum atomic E-state index is -4.71. The van der Waals surface area contributed by atoms with Crippen molar-refractivity contribution in [3.05, 3.63) is 0 Å². The van der Waals surface area contributed by atoms with E-state index in [2.05, 4.69) is 0 Å². The van der Waals surface area contributed by atoms with Crippen molar-refractivity contribution in [2.75, 3.05) is 0 Å². The Bertz CT molecular complexity index is 99.9. The second kappa shape index (κ2) is 2.49. The zero-order valence-electron chi connectivity index (χ0n) is 3.70. The van der Waals surface area contributed by atoms with Gasteiger partial charge >= 0.3 is 6.18 Å². The van der Waals surface area contributed by atoms with Crippen LogP contribution in [0.5, 0.6) is 0 Å². The first-order valence-electron chi connectivity index (χ1n) is 1.64. The van der Waals surface area contributed by atoms with Crippen molar-refractivity contribution < 1.29 is 18.0 Å². The van der Waals surface area contributed by atoms with Gasteiger partial charge < -0.3 is 4.79 Å². The van der Waals surface area contributed by atoms with E-state index in [9.17, 15) is 18.0 Å². The Morgan fingerprint density at radius 1 is 1.50 bits per heavy atom. The molecule has 1 radical (unpaired) electrons. The van der Waals surface area contributed by atoms with E-state index in [0.717, 1.165) is 0 Å². The Labute approximate surface area is 47.0 Å². The van der Waals surface area contributed by atoms with Crippen molar-refractivity contribution in [3.63, 3.8) is 0 Å². The zero-order chi connectivity index (χ0) is 6.78. The van der Waals surface area contributed by atoms with Crippen LogP contribution in [0.15, 0.2) is 0 Å². The maximum Gasteiger partial charge on any atom is 0.439 e. The summed E-state index contributed by atoms with van der Waals surface area (Å²) < 4.78 is 33.2. The smallest absolute Gasteiger partial charge is 0.302 e. The monoisotopic (exact) mass is 141 g/mol. The molecular weight excluding hydrogens is 139 g/mol. The summed E-state index contributed by atoms with van der Waals surface area (Å²) in [6, 6.07) is 0. The molecule has 0 N–H and O–H groups in total. The highest BCUT2D eigenvalue weighted by Gasteiger charge is 2.35. The first-order valence-corrected chi connectivity index (χ1v) is 2.31. The van der Waals surface area contributed by atoms with E-state index in [0.29, 0.717) is 7.00 Å². The molecule has 0 aromatic rings. The van der Waals surface area contributed by atoms with Crippen LogP contribution in [0.2, 0.25) is 0 Å². The fraction of sp³-hybridized carbons (Fsp3) is 0.500. The third-order valence-corrected chi connectivity index (χ3v) is 0.734. The normalized spacial score (nSPS) is 11.0. The Kier molecular flexibility index (Phi) is 2.47. The molecule has 0 aliphatic rings. The average Bonchev–Trinajstić information content (AvgIpc) is 1.62. The quantitative estimate of drug-likeness (QED) is 0.385. The number of carbonyl (C=O) groups excluding carboxylic acids is 1. The molecule has 45 valence electrons. The standard InChI is InChI=1S/C2H2BF3OP/c4-2(5,6)1(7)3-8/h8H2. The van der Waals surface area contributed by atoms with Crippen LogP contribution >= 0.6 is 9.12 Å². The van der Waals surface area contributed by atoms with Gasteiger partial charge in [0.1, 0.15) is 0 Å². The fourth-order valence-corrected chi connectivity index (χ4v) is 0.283. The molecule has 6 heteroatoms. The van der Waals surface area contributed by atoms with Crippen LogP contribution < -0.4 is 0 Å². The largest absolute Gasteiger partial charge is 0.439 e. The molecule has 1 atom stereocenters. The van der Waals surface area contributed by atoms with Crippen molar-refractivity contribution in [3.8, 4) is 0 Å². The predicted octanol–water partition coefficient (Wildman–Crippen LogP) is 0.570. The summed E-state index contributed by atoms with van der Waals surface area (Å²) in [7, 11) is 1.59. The van der Waals surface area contributed by atoms with E-state index in [-0.39, 0.29) is 0 Å². The van der Waals surface area contributed by atoms with Crippen LogP contribution in [-0.2, 0) is 4.79 Å². The Morgan fingerprint density at radius 2 is 1.88 bits per heavy atom. The van der Waals surface area contributed by atoms with Gasteiger partial charge in [0.2, 0.25) is 7.00 Å². The molecule has 0 aromatic carbocycles. The summed E-state index contributed by atoms with van der Waals surface area (Å²) in [4.78, 5) is 9.63. The predicted molar refractivity (Wildman–Crippen MR) is 26.5 cm³/mol. The number of halogens is 3. The van der Waals surface area contributed by atoms with Gasteiger partial charge in [-0.3, -0.25) is 0 Å². The number of hydrogen-bond acceptors (Lipinski definition) is 1. The highest BCUT2D eigenvalue weighted by Crippen LogP contribution is 2.15. The van der Waals surface area contributed by atoms with Crippen molar-refractivity contribution in [1.82, 2.24) is 0 Å². The molecule has 1 nitrogen and oxygen atoms in total. The van der Waals surface area contributed by atoms with Gasteiger partial charge in [-0.1, -0.05) is 0 Å². The van der Waals surface area contributed by atoms with Gasteiger partial charge in [0.05, 0.1) is 0 Å². The van der Waals surface area contributed by atoms with Crippen molar-refractivity contribution in [1.29, 1.82) is 0 Å². The molecule has 0 saturated heterocycles.